The highest BCUT2D eigenvalue weighted by molar-refractivity contribution is 6.04. The van der Waals surface area contributed by atoms with Gasteiger partial charge in [0.05, 0.1) is 18.8 Å². The summed E-state index contributed by atoms with van der Waals surface area (Å²) < 4.78 is 11.0. The number of hydrogen-bond donors (Lipinski definition) is 1. The van der Waals surface area contributed by atoms with E-state index in [-0.39, 0.29) is 12.0 Å². The summed E-state index contributed by atoms with van der Waals surface area (Å²) >= 11 is 0. The van der Waals surface area contributed by atoms with Gasteiger partial charge in [-0.15, -0.1) is 0 Å². The van der Waals surface area contributed by atoms with Crippen molar-refractivity contribution in [1.29, 1.82) is 0 Å². The molecular weight excluding hydrogens is 292 g/mol. The number of anilines is 1. The molecule has 1 aliphatic heterocycles. The molecule has 0 radical (unpaired) electrons. The van der Waals surface area contributed by atoms with Crippen molar-refractivity contribution in [1.82, 2.24) is 4.98 Å². The maximum absolute atomic E-state index is 12.3. The van der Waals surface area contributed by atoms with Crippen molar-refractivity contribution in [3.8, 4) is 5.88 Å². The molecule has 0 aliphatic carbocycles. The van der Waals surface area contributed by atoms with Crippen molar-refractivity contribution in [2.24, 2.45) is 0 Å². The third-order valence-electron chi connectivity index (χ3n) is 3.65. The van der Waals surface area contributed by atoms with Crippen LogP contribution in [-0.2, 0) is 4.74 Å². The molecule has 0 saturated carbocycles. The molecule has 2 aromatic rings. The Balaban J connectivity index is 1.65. The minimum absolute atomic E-state index is 0.0532. The summed E-state index contributed by atoms with van der Waals surface area (Å²) in [6.07, 6.45) is 2.46. The second kappa shape index (κ2) is 6.79. The van der Waals surface area contributed by atoms with E-state index in [1.807, 2.05) is 26.0 Å². The van der Waals surface area contributed by atoms with Crippen LogP contribution in [0.5, 0.6) is 5.88 Å². The zero-order valence-corrected chi connectivity index (χ0v) is 13.3. The van der Waals surface area contributed by atoms with Crippen LogP contribution in [0.2, 0.25) is 0 Å². The number of aromatic nitrogens is 1. The van der Waals surface area contributed by atoms with Crippen LogP contribution in [0.15, 0.2) is 36.5 Å². The van der Waals surface area contributed by atoms with Gasteiger partial charge in [0.25, 0.3) is 5.91 Å². The second-order valence-corrected chi connectivity index (χ2v) is 5.82. The van der Waals surface area contributed by atoms with Gasteiger partial charge < -0.3 is 14.8 Å². The van der Waals surface area contributed by atoms with Gasteiger partial charge in [-0.25, -0.2) is 4.98 Å². The number of benzene rings is 1. The fourth-order valence-electron chi connectivity index (χ4n) is 2.61. The predicted octanol–water partition coefficient (Wildman–Crippen LogP) is 3.12. The van der Waals surface area contributed by atoms with Crippen molar-refractivity contribution in [3.63, 3.8) is 0 Å². The maximum Gasteiger partial charge on any atom is 0.257 e. The zero-order chi connectivity index (χ0) is 16.2. The molecule has 2 heterocycles. The van der Waals surface area contributed by atoms with E-state index in [0.717, 1.165) is 29.8 Å². The zero-order valence-electron chi connectivity index (χ0n) is 13.3. The summed E-state index contributed by atoms with van der Waals surface area (Å²) in [5.74, 6) is 0.335. The Labute approximate surface area is 135 Å². The van der Waals surface area contributed by atoms with E-state index in [9.17, 15) is 4.79 Å². The summed E-state index contributed by atoms with van der Waals surface area (Å²) in [6.45, 7) is 5.32. The third kappa shape index (κ3) is 4.07. The third-order valence-corrected chi connectivity index (χ3v) is 3.65. The number of aryl methyl sites for hydroxylation is 2. The highest BCUT2D eigenvalue weighted by Crippen LogP contribution is 2.17. The molecule has 0 spiro atoms. The fraction of sp³-hybridized carbons (Fsp3) is 0.333. The lowest BCUT2D eigenvalue weighted by atomic mass is 10.1. The van der Waals surface area contributed by atoms with Crippen molar-refractivity contribution in [3.05, 3.63) is 53.2 Å². The average molecular weight is 312 g/mol. The summed E-state index contributed by atoms with van der Waals surface area (Å²) in [7, 11) is 0. The Hall–Kier alpha value is -2.40. The van der Waals surface area contributed by atoms with Crippen molar-refractivity contribution in [2.75, 3.05) is 18.5 Å². The largest absolute Gasteiger partial charge is 0.472 e. The Morgan fingerprint density at radius 1 is 1.26 bits per heavy atom. The van der Waals surface area contributed by atoms with Crippen LogP contribution in [0.4, 0.5) is 5.69 Å². The van der Waals surface area contributed by atoms with Crippen molar-refractivity contribution >= 4 is 11.6 Å². The van der Waals surface area contributed by atoms with E-state index in [4.69, 9.17) is 9.47 Å². The quantitative estimate of drug-likeness (QED) is 0.942. The van der Waals surface area contributed by atoms with Crippen LogP contribution in [0.25, 0.3) is 0 Å². The van der Waals surface area contributed by atoms with Crippen LogP contribution in [0.3, 0.4) is 0 Å². The van der Waals surface area contributed by atoms with Crippen LogP contribution < -0.4 is 10.1 Å². The molecule has 1 saturated heterocycles. The minimum Gasteiger partial charge on any atom is -0.472 e. The van der Waals surface area contributed by atoms with Gasteiger partial charge in [0.2, 0.25) is 5.88 Å². The first-order valence-electron chi connectivity index (χ1n) is 7.70. The average Bonchev–Trinajstić information content (AvgIpc) is 3.00. The van der Waals surface area contributed by atoms with Crippen molar-refractivity contribution < 1.29 is 14.3 Å². The fourth-order valence-corrected chi connectivity index (χ4v) is 2.61. The first-order chi connectivity index (χ1) is 11.1. The summed E-state index contributed by atoms with van der Waals surface area (Å²) in [4.78, 5) is 16.5. The number of carbonyl (C=O) groups is 1. The maximum atomic E-state index is 12.3. The molecule has 3 rings (SSSR count). The molecule has 1 N–H and O–H groups in total. The molecule has 1 aromatic heterocycles. The molecule has 23 heavy (non-hydrogen) atoms. The van der Waals surface area contributed by atoms with Crippen LogP contribution >= 0.6 is 0 Å². The van der Waals surface area contributed by atoms with E-state index in [1.165, 1.54) is 6.20 Å². The Bertz CT molecular complexity index is 672. The first kappa shape index (κ1) is 15.5. The van der Waals surface area contributed by atoms with Crippen LogP contribution in [0, 0.1) is 13.8 Å². The van der Waals surface area contributed by atoms with Crippen molar-refractivity contribution in [2.45, 2.75) is 26.4 Å². The monoisotopic (exact) mass is 312 g/mol. The number of rotatable bonds is 4. The minimum atomic E-state index is -0.182. The highest BCUT2D eigenvalue weighted by atomic mass is 16.5. The normalized spacial score (nSPS) is 17.0. The number of carbonyl (C=O) groups excluding carboxylic acids is 1. The molecule has 1 aromatic carbocycles. The Morgan fingerprint density at radius 3 is 2.65 bits per heavy atom. The second-order valence-electron chi connectivity index (χ2n) is 5.82. The van der Waals surface area contributed by atoms with Gasteiger partial charge in [0.15, 0.2) is 0 Å². The molecule has 120 valence electrons. The summed E-state index contributed by atoms with van der Waals surface area (Å²) in [5, 5.41) is 2.89. The van der Waals surface area contributed by atoms with Gasteiger partial charge in [0.1, 0.15) is 6.10 Å². The molecular formula is C18H20N2O3. The molecule has 1 fully saturated rings. The number of amides is 1. The number of ether oxygens (including phenoxy) is 2. The van der Waals surface area contributed by atoms with Gasteiger partial charge in [0, 0.05) is 24.4 Å². The van der Waals surface area contributed by atoms with Crippen LogP contribution in [0.1, 0.15) is 27.9 Å². The standard InChI is InChI=1S/C18H20N2O3/c1-12-7-13(2)9-15(8-12)20-18(21)14-3-4-17(19-10-14)23-16-5-6-22-11-16/h3-4,7-10,16H,5-6,11H2,1-2H3,(H,20,21). The lowest BCUT2D eigenvalue weighted by Gasteiger charge is -2.11. The number of nitrogens with zero attached hydrogens (tertiary/aromatic N) is 1. The van der Waals surface area contributed by atoms with Gasteiger partial charge in [-0.2, -0.15) is 0 Å². The highest BCUT2D eigenvalue weighted by Gasteiger charge is 2.17. The van der Waals surface area contributed by atoms with E-state index in [1.54, 1.807) is 12.1 Å². The van der Waals surface area contributed by atoms with E-state index in [2.05, 4.69) is 16.4 Å². The molecule has 5 nitrogen and oxygen atoms in total. The van der Waals surface area contributed by atoms with Gasteiger partial charge >= 0.3 is 0 Å². The summed E-state index contributed by atoms with van der Waals surface area (Å²) in [5.41, 5.74) is 3.51. The SMILES string of the molecule is Cc1cc(C)cc(NC(=O)c2ccc(OC3CCOC3)nc2)c1. The molecule has 1 unspecified atom stereocenters. The first-order valence-corrected chi connectivity index (χ1v) is 7.70. The van der Waals surface area contributed by atoms with Gasteiger partial charge in [-0.3, -0.25) is 4.79 Å². The molecule has 1 amide bonds. The Morgan fingerprint density at radius 2 is 2.04 bits per heavy atom. The van der Waals surface area contributed by atoms with Gasteiger partial charge in [-0.05, 0) is 43.2 Å². The molecule has 1 aliphatic rings. The predicted molar refractivity (Wildman–Crippen MR) is 88.0 cm³/mol. The Kier molecular flexibility index (Phi) is 4.57. The lowest BCUT2D eigenvalue weighted by Crippen LogP contribution is -2.17. The number of nitrogens with one attached hydrogen (secondary N) is 1. The number of pyridine rings is 1. The van der Waals surface area contributed by atoms with Crippen LogP contribution in [-0.4, -0.2) is 30.2 Å². The molecule has 0 bridgehead atoms. The van der Waals surface area contributed by atoms with E-state index >= 15 is 0 Å². The molecule has 1 atom stereocenters. The van der Waals surface area contributed by atoms with Gasteiger partial charge in [-0.1, -0.05) is 6.07 Å². The number of hydrogen-bond acceptors (Lipinski definition) is 4. The summed E-state index contributed by atoms with van der Waals surface area (Å²) in [6, 6.07) is 9.38. The smallest absolute Gasteiger partial charge is 0.257 e. The lowest BCUT2D eigenvalue weighted by molar-refractivity contribution is 0.102. The molecule has 5 heteroatoms. The van der Waals surface area contributed by atoms with E-state index in [0.29, 0.717) is 18.1 Å². The topological polar surface area (TPSA) is 60.5 Å². The van der Waals surface area contributed by atoms with E-state index < -0.39 is 0 Å².